The van der Waals surface area contributed by atoms with E-state index in [1.54, 1.807) is 7.11 Å². The Labute approximate surface area is 200 Å². The van der Waals surface area contributed by atoms with Crippen molar-refractivity contribution >= 4 is 22.2 Å². The Kier molecular flexibility index (Phi) is 6.34. The summed E-state index contributed by atoms with van der Waals surface area (Å²) < 4.78 is 13.5. The van der Waals surface area contributed by atoms with Crippen molar-refractivity contribution in [1.29, 1.82) is 0 Å². The normalized spacial score (nSPS) is 15.0. The van der Waals surface area contributed by atoms with Crippen molar-refractivity contribution in [2.45, 2.75) is 25.9 Å². The minimum atomic E-state index is 0.338. The molecule has 4 heterocycles. The van der Waals surface area contributed by atoms with Crippen LogP contribution < -0.4 is 9.64 Å². The molecule has 0 bridgehead atoms. The molecule has 0 aliphatic carbocycles. The first-order chi connectivity index (χ1) is 16.5. The molecule has 1 aliphatic heterocycles. The Morgan fingerprint density at radius 2 is 1.91 bits per heavy atom. The molecule has 8 heteroatoms. The first kappa shape index (κ1) is 22.6. The number of rotatable bonds is 7. The van der Waals surface area contributed by atoms with Crippen LogP contribution in [0.3, 0.4) is 0 Å². The van der Waals surface area contributed by atoms with Crippen molar-refractivity contribution in [2.24, 2.45) is 0 Å². The second kappa shape index (κ2) is 9.56. The number of pyridine rings is 1. The minimum Gasteiger partial charge on any atom is -0.496 e. The lowest BCUT2D eigenvalue weighted by Crippen LogP contribution is -2.38. The number of hydrogen-bond acceptors (Lipinski definition) is 7. The van der Waals surface area contributed by atoms with Gasteiger partial charge >= 0.3 is 0 Å². The molecule has 0 unspecified atom stereocenters. The van der Waals surface area contributed by atoms with Crippen molar-refractivity contribution in [3.05, 3.63) is 48.5 Å². The summed E-state index contributed by atoms with van der Waals surface area (Å²) in [4.78, 5) is 13.9. The van der Waals surface area contributed by atoms with Crippen molar-refractivity contribution in [3.63, 3.8) is 0 Å². The molecular weight excluding hydrogens is 428 g/mol. The molecule has 0 amide bonds. The van der Waals surface area contributed by atoms with Crippen LogP contribution in [0.1, 0.15) is 18.4 Å². The lowest BCUT2D eigenvalue weighted by atomic mass is 10.0. The van der Waals surface area contributed by atoms with Crippen LogP contribution in [0.15, 0.2) is 43.0 Å². The highest BCUT2D eigenvalue weighted by molar-refractivity contribution is 5.98. The predicted octanol–water partition coefficient (Wildman–Crippen LogP) is 3.81. The largest absolute Gasteiger partial charge is 0.496 e. The smallest absolute Gasteiger partial charge is 0.162 e. The first-order valence-corrected chi connectivity index (χ1v) is 11.8. The van der Waals surface area contributed by atoms with Gasteiger partial charge in [-0.25, -0.2) is 9.50 Å². The molecule has 0 N–H and O–H groups in total. The summed E-state index contributed by atoms with van der Waals surface area (Å²) in [6, 6.07) is 6.13. The molecule has 1 aromatic carbocycles. The highest BCUT2D eigenvalue weighted by Gasteiger charge is 2.21. The van der Waals surface area contributed by atoms with Gasteiger partial charge < -0.3 is 19.3 Å². The molecule has 0 atom stereocenters. The van der Waals surface area contributed by atoms with E-state index in [9.17, 15) is 0 Å². The average Bonchev–Trinajstić information content (AvgIpc) is 3.26. The maximum Gasteiger partial charge on any atom is 0.162 e. The van der Waals surface area contributed by atoms with Gasteiger partial charge in [0.2, 0.25) is 0 Å². The van der Waals surface area contributed by atoms with Crippen LogP contribution in [-0.4, -0.2) is 78.0 Å². The van der Waals surface area contributed by atoms with Crippen molar-refractivity contribution < 1.29 is 9.47 Å². The maximum atomic E-state index is 6.04. The van der Waals surface area contributed by atoms with Crippen molar-refractivity contribution in [1.82, 2.24) is 24.5 Å². The molecule has 0 radical (unpaired) electrons. The zero-order chi connectivity index (χ0) is 23.7. The molecular formula is C26H32N6O2. The number of anilines is 1. The van der Waals surface area contributed by atoms with Crippen LogP contribution >= 0.6 is 0 Å². The Morgan fingerprint density at radius 1 is 1.09 bits per heavy atom. The van der Waals surface area contributed by atoms with Crippen molar-refractivity contribution in [2.75, 3.05) is 52.3 Å². The molecule has 34 heavy (non-hydrogen) atoms. The van der Waals surface area contributed by atoms with Gasteiger partial charge in [0.25, 0.3) is 0 Å². The Morgan fingerprint density at radius 3 is 2.68 bits per heavy atom. The van der Waals surface area contributed by atoms with Crippen LogP contribution in [0, 0.1) is 6.92 Å². The predicted molar refractivity (Wildman–Crippen MR) is 135 cm³/mol. The molecule has 4 aromatic rings. The van der Waals surface area contributed by atoms with Gasteiger partial charge in [0.1, 0.15) is 5.75 Å². The number of hydrogen-bond donors (Lipinski definition) is 0. The van der Waals surface area contributed by atoms with E-state index >= 15 is 0 Å². The highest BCUT2D eigenvalue weighted by atomic mass is 16.5. The van der Waals surface area contributed by atoms with Crippen LogP contribution in [0.2, 0.25) is 0 Å². The fourth-order valence-corrected chi connectivity index (χ4v) is 4.63. The quantitative estimate of drug-likeness (QED) is 0.415. The van der Waals surface area contributed by atoms with Crippen LogP contribution in [0.25, 0.3) is 27.7 Å². The summed E-state index contributed by atoms with van der Waals surface area (Å²) in [5, 5.41) is 5.67. The van der Waals surface area contributed by atoms with E-state index in [0.29, 0.717) is 6.10 Å². The van der Waals surface area contributed by atoms with Gasteiger partial charge in [-0.3, -0.25) is 4.98 Å². The third kappa shape index (κ3) is 4.43. The standard InChI is InChI=1S/C26H32N6O2/c1-18-13-24-22(14-25(18)33-4)21(5-8-27-24)23-16-29-32-17-19(15-28-26(23)32)31-9-6-20(7-10-31)34-12-11-30(2)3/h5,8,13-17,20H,6-7,9-12H2,1-4H3. The molecule has 1 aliphatic rings. The van der Waals surface area contributed by atoms with Gasteiger partial charge in [0, 0.05) is 36.8 Å². The molecule has 8 nitrogen and oxygen atoms in total. The number of aromatic nitrogens is 4. The molecule has 178 valence electrons. The topological polar surface area (TPSA) is 68.0 Å². The molecule has 0 saturated carbocycles. The lowest BCUT2D eigenvalue weighted by molar-refractivity contribution is 0.0294. The lowest BCUT2D eigenvalue weighted by Gasteiger charge is -2.33. The summed E-state index contributed by atoms with van der Waals surface area (Å²) in [6.45, 7) is 5.70. The summed E-state index contributed by atoms with van der Waals surface area (Å²) in [6.07, 6.45) is 10.2. The zero-order valence-electron chi connectivity index (χ0n) is 20.4. The second-order valence-corrected chi connectivity index (χ2v) is 9.20. The summed E-state index contributed by atoms with van der Waals surface area (Å²) in [7, 11) is 5.84. The molecule has 1 saturated heterocycles. The van der Waals surface area contributed by atoms with E-state index < -0.39 is 0 Å². The molecule has 1 fully saturated rings. The number of benzene rings is 1. The van der Waals surface area contributed by atoms with Gasteiger partial charge in [-0.15, -0.1) is 0 Å². The number of aryl methyl sites for hydroxylation is 1. The first-order valence-electron chi connectivity index (χ1n) is 11.8. The number of ether oxygens (including phenoxy) is 2. The van der Waals surface area contributed by atoms with E-state index in [1.165, 1.54) is 0 Å². The highest BCUT2D eigenvalue weighted by Crippen LogP contribution is 2.34. The summed E-state index contributed by atoms with van der Waals surface area (Å²) >= 11 is 0. The third-order valence-electron chi connectivity index (χ3n) is 6.59. The van der Waals surface area contributed by atoms with Crippen LogP contribution in [-0.2, 0) is 4.74 Å². The monoisotopic (exact) mass is 460 g/mol. The van der Waals surface area contributed by atoms with E-state index in [1.807, 2.05) is 36.1 Å². The number of likely N-dealkylation sites (N-methyl/N-ethyl adjacent to an activating group) is 1. The minimum absolute atomic E-state index is 0.338. The van der Waals surface area contributed by atoms with Gasteiger partial charge in [-0.05, 0) is 63.2 Å². The number of nitrogens with zero attached hydrogens (tertiary/aromatic N) is 6. The fraction of sp³-hybridized carbons (Fsp3) is 0.423. The van der Waals surface area contributed by atoms with Gasteiger partial charge in [-0.1, -0.05) is 0 Å². The summed E-state index contributed by atoms with van der Waals surface area (Å²) in [5.41, 5.74) is 5.95. The Bertz CT molecular complexity index is 1290. The van der Waals surface area contributed by atoms with E-state index in [2.05, 4.69) is 52.3 Å². The SMILES string of the molecule is COc1cc2c(-c3cnn4cc(N5CCC(OCCN(C)C)CC5)cnc34)ccnc2cc1C. The van der Waals surface area contributed by atoms with Gasteiger partial charge in [0.15, 0.2) is 5.65 Å². The van der Waals surface area contributed by atoms with Gasteiger partial charge in [0.05, 0.1) is 49.6 Å². The van der Waals surface area contributed by atoms with E-state index in [4.69, 9.17) is 14.5 Å². The maximum absolute atomic E-state index is 6.04. The molecule has 0 spiro atoms. The van der Waals surface area contributed by atoms with Crippen molar-refractivity contribution in [3.8, 4) is 16.9 Å². The number of methoxy groups -OCH3 is 1. The van der Waals surface area contributed by atoms with Gasteiger partial charge in [-0.2, -0.15) is 5.10 Å². The fourth-order valence-electron chi connectivity index (χ4n) is 4.63. The zero-order valence-corrected chi connectivity index (χ0v) is 20.4. The Balaban J connectivity index is 1.37. The second-order valence-electron chi connectivity index (χ2n) is 9.20. The van der Waals surface area contributed by atoms with Crippen LogP contribution in [0.5, 0.6) is 5.75 Å². The third-order valence-corrected chi connectivity index (χ3v) is 6.59. The molecule has 5 rings (SSSR count). The average molecular weight is 461 g/mol. The Hall–Kier alpha value is -3.23. The number of piperidine rings is 1. The summed E-state index contributed by atoms with van der Waals surface area (Å²) in [5.74, 6) is 0.850. The number of fused-ring (bicyclic) bond motifs is 2. The van der Waals surface area contributed by atoms with Crippen LogP contribution in [0.4, 0.5) is 5.69 Å². The van der Waals surface area contributed by atoms with E-state index in [0.717, 1.165) is 83.8 Å². The molecule has 3 aromatic heterocycles. The van der Waals surface area contributed by atoms with E-state index in [-0.39, 0.29) is 0 Å².